The van der Waals surface area contributed by atoms with Gasteiger partial charge < -0.3 is 9.84 Å². The highest BCUT2D eigenvalue weighted by molar-refractivity contribution is 5.33. The van der Waals surface area contributed by atoms with Crippen LogP contribution in [0.25, 0.3) is 0 Å². The number of ether oxygens (including phenoxy) is 1. The fraction of sp³-hybridized carbons (Fsp3) is 0.500. The molecule has 2 heteroatoms. The van der Waals surface area contributed by atoms with E-state index in [9.17, 15) is 5.11 Å². The van der Waals surface area contributed by atoms with Gasteiger partial charge in [-0.25, -0.2) is 0 Å². The Bertz CT molecular complexity index is 413. The number of aliphatic hydroxyl groups is 1. The van der Waals surface area contributed by atoms with Gasteiger partial charge in [-0.2, -0.15) is 0 Å². The molecule has 0 amide bonds. The maximum atomic E-state index is 11.1. The van der Waals surface area contributed by atoms with E-state index in [4.69, 9.17) is 4.74 Å². The van der Waals surface area contributed by atoms with Crippen molar-refractivity contribution in [3.05, 3.63) is 42.5 Å². The van der Waals surface area contributed by atoms with Crippen LogP contribution in [0.3, 0.4) is 0 Å². The molecule has 2 nitrogen and oxygen atoms in total. The fourth-order valence-electron chi connectivity index (χ4n) is 3.01. The first-order chi connectivity index (χ1) is 8.70. The van der Waals surface area contributed by atoms with E-state index in [0.29, 0.717) is 0 Å². The Morgan fingerprint density at radius 3 is 3.06 bits per heavy atom. The van der Waals surface area contributed by atoms with Crippen molar-refractivity contribution < 1.29 is 9.84 Å². The molecule has 0 bridgehead atoms. The molecule has 1 N–H and O–H groups in total. The summed E-state index contributed by atoms with van der Waals surface area (Å²) in [6.45, 7) is 3.81. The van der Waals surface area contributed by atoms with Gasteiger partial charge in [0.1, 0.15) is 5.75 Å². The van der Waals surface area contributed by atoms with Crippen molar-refractivity contribution in [2.24, 2.45) is 5.92 Å². The van der Waals surface area contributed by atoms with Crippen LogP contribution in [-0.2, 0) is 5.60 Å². The average molecular weight is 246 g/mol. The molecule has 1 saturated carbocycles. The Labute approximate surface area is 109 Å². The third-order valence-corrected chi connectivity index (χ3v) is 4.06. The van der Waals surface area contributed by atoms with Crippen LogP contribution in [0.15, 0.2) is 36.9 Å². The molecule has 1 aliphatic rings. The van der Waals surface area contributed by atoms with Gasteiger partial charge in [0.05, 0.1) is 12.7 Å². The highest BCUT2D eigenvalue weighted by atomic mass is 16.5. The lowest BCUT2D eigenvalue weighted by Gasteiger charge is -2.40. The first-order valence-corrected chi connectivity index (χ1v) is 6.68. The van der Waals surface area contributed by atoms with Crippen molar-refractivity contribution in [2.75, 3.05) is 7.11 Å². The zero-order valence-corrected chi connectivity index (χ0v) is 11.1. The average Bonchev–Trinajstić information content (AvgIpc) is 2.42. The van der Waals surface area contributed by atoms with Crippen molar-refractivity contribution >= 4 is 0 Å². The first-order valence-electron chi connectivity index (χ1n) is 6.68. The molecule has 0 aliphatic heterocycles. The lowest BCUT2D eigenvalue weighted by atomic mass is 9.70. The summed E-state index contributed by atoms with van der Waals surface area (Å²) in [5, 5.41) is 11.1. The summed E-state index contributed by atoms with van der Waals surface area (Å²) in [4.78, 5) is 0. The van der Waals surface area contributed by atoms with E-state index < -0.39 is 5.60 Å². The van der Waals surface area contributed by atoms with Gasteiger partial charge in [-0.15, -0.1) is 6.58 Å². The lowest BCUT2D eigenvalue weighted by molar-refractivity contribution is -0.0533. The monoisotopic (exact) mass is 246 g/mol. The van der Waals surface area contributed by atoms with Crippen molar-refractivity contribution in [2.45, 2.75) is 37.7 Å². The summed E-state index contributed by atoms with van der Waals surface area (Å²) in [7, 11) is 1.66. The minimum absolute atomic E-state index is 0.274. The normalized spacial score (nSPS) is 27.8. The third-order valence-electron chi connectivity index (χ3n) is 4.06. The van der Waals surface area contributed by atoms with Crippen LogP contribution in [0, 0.1) is 5.92 Å². The summed E-state index contributed by atoms with van der Waals surface area (Å²) in [6.07, 6.45) is 6.97. The number of hydrogen-bond donors (Lipinski definition) is 1. The maximum Gasteiger partial charge on any atom is 0.119 e. The van der Waals surface area contributed by atoms with Crippen molar-refractivity contribution in [1.29, 1.82) is 0 Å². The second-order valence-corrected chi connectivity index (χ2v) is 5.12. The summed E-state index contributed by atoms with van der Waals surface area (Å²) in [6, 6.07) is 7.83. The summed E-state index contributed by atoms with van der Waals surface area (Å²) in [5.41, 5.74) is 0.259. The van der Waals surface area contributed by atoms with Gasteiger partial charge in [0, 0.05) is 0 Å². The van der Waals surface area contributed by atoms with Crippen molar-refractivity contribution in [1.82, 2.24) is 0 Å². The molecule has 1 aromatic carbocycles. The number of benzene rings is 1. The van der Waals surface area contributed by atoms with E-state index in [2.05, 4.69) is 6.58 Å². The topological polar surface area (TPSA) is 29.5 Å². The Morgan fingerprint density at radius 2 is 2.33 bits per heavy atom. The van der Waals surface area contributed by atoms with Crippen molar-refractivity contribution in [3.63, 3.8) is 0 Å². The second-order valence-electron chi connectivity index (χ2n) is 5.12. The quantitative estimate of drug-likeness (QED) is 0.822. The van der Waals surface area contributed by atoms with Crippen LogP contribution < -0.4 is 4.74 Å². The minimum atomic E-state index is -0.721. The smallest absolute Gasteiger partial charge is 0.119 e. The predicted octanol–water partition coefficient (Wildman–Crippen LogP) is 3.65. The van der Waals surface area contributed by atoms with Crippen LogP contribution >= 0.6 is 0 Å². The first kappa shape index (κ1) is 13.2. The highest BCUT2D eigenvalue weighted by Gasteiger charge is 2.39. The van der Waals surface area contributed by atoms with Gasteiger partial charge in [-0.1, -0.05) is 31.1 Å². The molecule has 2 rings (SSSR count). The van der Waals surface area contributed by atoms with E-state index in [1.54, 1.807) is 7.11 Å². The van der Waals surface area contributed by atoms with Gasteiger partial charge in [0.15, 0.2) is 0 Å². The zero-order chi connectivity index (χ0) is 13.0. The van der Waals surface area contributed by atoms with E-state index in [1.807, 2.05) is 30.3 Å². The van der Waals surface area contributed by atoms with Gasteiger partial charge >= 0.3 is 0 Å². The number of rotatable bonds is 4. The molecule has 0 spiro atoms. The largest absolute Gasteiger partial charge is 0.497 e. The van der Waals surface area contributed by atoms with Crippen LogP contribution in [0.2, 0.25) is 0 Å². The summed E-state index contributed by atoms with van der Waals surface area (Å²) in [5.74, 6) is 1.08. The van der Waals surface area contributed by atoms with Gasteiger partial charge in [-0.3, -0.25) is 0 Å². The molecule has 0 radical (unpaired) electrons. The zero-order valence-electron chi connectivity index (χ0n) is 11.1. The molecule has 1 fully saturated rings. The standard InChI is InChI=1S/C16H22O2/c1-3-7-13-8-4-5-11-16(13,17)14-9-6-10-15(12-14)18-2/h3,6,9-10,12-13,17H,1,4-5,7-8,11H2,2H3/t13-,16-/m0/s1. The molecule has 0 aromatic heterocycles. The van der Waals surface area contributed by atoms with Crippen LogP contribution in [0.5, 0.6) is 5.75 Å². The molecular weight excluding hydrogens is 224 g/mol. The van der Waals surface area contributed by atoms with Crippen LogP contribution in [-0.4, -0.2) is 12.2 Å². The Hall–Kier alpha value is -1.28. The Kier molecular flexibility index (Phi) is 4.07. The van der Waals surface area contributed by atoms with Gasteiger partial charge in [-0.05, 0) is 42.9 Å². The molecule has 0 heterocycles. The Balaban J connectivity index is 2.33. The number of allylic oxidation sites excluding steroid dienone is 1. The second kappa shape index (κ2) is 5.57. The van der Waals surface area contributed by atoms with Crippen LogP contribution in [0.1, 0.15) is 37.7 Å². The molecule has 1 aromatic rings. The molecule has 0 unspecified atom stereocenters. The fourth-order valence-corrected chi connectivity index (χ4v) is 3.01. The molecule has 18 heavy (non-hydrogen) atoms. The highest BCUT2D eigenvalue weighted by Crippen LogP contribution is 2.44. The van der Waals surface area contributed by atoms with Crippen LogP contribution in [0.4, 0.5) is 0 Å². The SMILES string of the molecule is C=CC[C@H]1CCCC[C@@]1(O)c1cccc(OC)c1. The van der Waals surface area contributed by atoms with Gasteiger partial charge in [0.2, 0.25) is 0 Å². The predicted molar refractivity (Wildman–Crippen MR) is 73.7 cm³/mol. The molecule has 1 aliphatic carbocycles. The molecule has 0 saturated heterocycles. The van der Waals surface area contributed by atoms with E-state index in [-0.39, 0.29) is 5.92 Å². The lowest BCUT2D eigenvalue weighted by Crippen LogP contribution is -2.37. The molecular formula is C16H22O2. The third kappa shape index (κ3) is 2.44. The van der Waals surface area contributed by atoms with Crippen molar-refractivity contribution in [3.8, 4) is 5.75 Å². The van der Waals surface area contributed by atoms with E-state index in [0.717, 1.165) is 37.0 Å². The van der Waals surface area contributed by atoms with E-state index >= 15 is 0 Å². The minimum Gasteiger partial charge on any atom is -0.497 e. The van der Waals surface area contributed by atoms with E-state index in [1.165, 1.54) is 6.42 Å². The summed E-state index contributed by atoms with van der Waals surface area (Å²) < 4.78 is 5.25. The number of methoxy groups -OCH3 is 1. The molecule has 98 valence electrons. The number of hydrogen-bond acceptors (Lipinski definition) is 2. The maximum absolute atomic E-state index is 11.1. The Morgan fingerprint density at radius 1 is 1.50 bits per heavy atom. The van der Waals surface area contributed by atoms with Gasteiger partial charge in [0.25, 0.3) is 0 Å². The summed E-state index contributed by atoms with van der Waals surface area (Å²) >= 11 is 0. The molecule has 2 atom stereocenters.